The number of nitrogens with zero attached hydrogens (tertiary/aromatic N) is 1. The number of rotatable bonds is 6. The van der Waals surface area contributed by atoms with Crippen molar-refractivity contribution < 1.29 is 27.7 Å². The largest absolute Gasteiger partial charge is 0.744 e. The van der Waals surface area contributed by atoms with Gasteiger partial charge in [-0.1, -0.05) is 17.7 Å². The van der Waals surface area contributed by atoms with Crippen LogP contribution in [0.15, 0.2) is 29.2 Å². The summed E-state index contributed by atoms with van der Waals surface area (Å²) in [5.41, 5.74) is 0.928. The molecule has 0 aliphatic carbocycles. The summed E-state index contributed by atoms with van der Waals surface area (Å²) in [4.78, 5) is -0.178. The molecule has 21 heavy (non-hydrogen) atoms. The molecule has 0 fully saturated rings. The van der Waals surface area contributed by atoms with Crippen molar-refractivity contribution in [2.45, 2.75) is 18.7 Å². The Labute approximate surface area is 127 Å². The molecular formula is C14H25NO5S. The molecule has 0 unspecified atom stereocenters. The average Bonchev–Trinajstić information content (AvgIpc) is 2.39. The Hall–Kier alpha value is -0.990. The highest BCUT2D eigenvalue weighted by Crippen LogP contribution is 2.08. The fourth-order valence-corrected chi connectivity index (χ4v) is 2.09. The van der Waals surface area contributed by atoms with E-state index in [-0.39, 0.29) is 18.1 Å². The summed E-state index contributed by atoms with van der Waals surface area (Å²) < 4.78 is 31.9. The van der Waals surface area contributed by atoms with Crippen LogP contribution in [-0.2, 0) is 10.1 Å². The lowest BCUT2D eigenvalue weighted by Crippen LogP contribution is -2.47. The number of benzene rings is 1. The minimum absolute atomic E-state index is 0.178. The molecule has 1 rings (SSSR count). The van der Waals surface area contributed by atoms with Gasteiger partial charge in [-0.3, -0.25) is 0 Å². The fourth-order valence-electron chi connectivity index (χ4n) is 1.62. The van der Waals surface area contributed by atoms with Gasteiger partial charge in [-0.2, -0.15) is 0 Å². The first kappa shape index (κ1) is 20.0. The van der Waals surface area contributed by atoms with E-state index >= 15 is 0 Å². The highest BCUT2D eigenvalue weighted by molar-refractivity contribution is 7.85. The maximum atomic E-state index is 10.4. The second-order valence-corrected chi connectivity index (χ2v) is 6.48. The smallest absolute Gasteiger partial charge is 0.124 e. The molecule has 0 saturated heterocycles. The topological polar surface area (TPSA) is 97.7 Å². The van der Waals surface area contributed by atoms with E-state index in [4.69, 9.17) is 10.2 Å². The third kappa shape index (κ3) is 8.13. The van der Waals surface area contributed by atoms with Gasteiger partial charge in [-0.15, -0.1) is 0 Å². The molecule has 0 aromatic heterocycles. The van der Waals surface area contributed by atoms with Crippen LogP contribution in [0.25, 0.3) is 0 Å². The van der Waals surface area contributed by atoms with Crippen LogP contribution >= 0.6 is 0 Å². The lowest BCUT2D eigenvalue weighted by atomic mass is 10.2. The molecule has 1 aromatic carbocycles. The summed E-state index contributed by atoms with van der Waals surface area (Å²) in [7, 11) is -2.24. The Bertz CT molecular complexity index is 493. The molecular weight excluding hydrogens is 294 g/mol. The first-order valence-electron chi connectivity index (χ1n) is 6.76. The van der Waals surface area contributed by atoms with Crippen molar-refractivity contribution in [3.05, 3.63) is 29.8 Å². The molecule has 0 aliphatic heterocycles. The van der Waals surface area contributed by atoms with Crippen LogP contribution in [0, 0.1) is 6.92 Å². The van der Waals surface area contributed by atoms with Gasteiger partial charge in [-0.05, 0) is 26.0 Å². The molecule has 0 saturated carbocycles. The van der Waals surface area contributed by atoms with Gasteiger partial charge < -0.3 is 19.2 Å². The number of likely N-dealkylation sites (N-methyl/N-ethyl adjacent to an activating group) is 1. The maximum Gasteiger partial charge on any atom is 0.124 e. The summed E-state index contributed by atoms with van der Waals surface area (Å²) in [6.07, 6.45) is 0. The van der Waals surface area contributed by atoms with Crippen LogP contribution < -0.4 is 0 Å². The van der Waals surface area contributed by atoms with Gasteiger partial charge >= 0.3 is 0 Å². The minimum Gasteiger partial charge on any atom is -0.744 e. The van der Waals surface area contributed by atoms with Crippen molar-refractivity contribution in [2.75, 3.05) is 39.9 Å². The van der Waals surface area contributed by atoms with E-state index in [1.54, 1.807) is 12.1 Å². The van der Waals surface area contributed by atoms with Gasteiger partial charge in [0.15, 0.2) is 0 Å². The molecule has 1 aromatic rings. The van der Waals surface area contributed by atoms with E-state index in [2.05, 4.69) is 6.92 Å². The van der Waals surface area contributed by atoms with E-state index in [1.807, 2.05) is 14.0 Å². The maximum absolute atomic E-state index is 10.4. The SMILES string of the molecule is CC[N+](C)(CCO)CCO.Cc1ccc(S(=O)(=O)[O-])cc1. The summed E-state index contributed by atoms with van der Waals surface area (Å²) in [5, 5.41) is 17.3. The van der Waals surface area contributed by atoms with Crippen molar-refractivity contribution in [3.63, 3.8) is 0 Å². The number of aryl methyl sites for hydroxylation is 1. The Morgan fingerprint density at radius 2 is 1.52 bits per heavy atom. The molecule has 0 bridgehead atoms. The van der Waals surface area contributed by atoms with E-state index < -0.39 is 10.1 Å². The molecule has 0 spiro atoms. The summed E-state index contributed by atoms with van der Waals surface area (Å²) >= 11 is 0. The predicted octanol–water partition coefficient (Wildman–Crippen LogP) is 0.337. The highest BCUT2D eigenvalue weighted by Gasteiger charge is 2.16. The molecule has 0 heterocycles. The fraction of sp³-hybridized carbons (Fsp3) is 0.571. The molecule has 0 aliphatic rings. The minimum atomic E-state index is -4.27. The standard InChI is InChI=1S/C7H18NO2.C7H8O3S/c1-3-8(2,4-6-9)5-7-10;1-6-2-4-7(5-3-6)11(8,9)10/h9-10H,3-7H2,1-2H3;2-5H,1H3,(H,8,9,10)/q+1;/p-1. The number of aliphatic hydroxyl groups excluding tert-OH is 2. The second kappa shape index (κ2) is 9.11. The van der Waals surface area contributed by atoms with Crippen LogP contribution in [0.4, 0.5) is 0 Å². The van der Waals surface area contributed by atoms with Gasteiger partial charge in [0.2, 0.25) is 0 Å². The molecule has 2 N–H and O–H groups in total. The number of aliphatic hydroxyl groups is 2. The first-order chi connectivity index (χ1) is 9.68. The zero-order valence-electron chi connectivity index (χ0n) is 12.8. The highest BCUT2D eigenvalue weighted by atomic mass is 32.2. The quantitative estimate of drug-likeness (QED) is 0.582. The Balaban J connectivity index is 0.000000384. The van der Waals surface area contributed by atoms with E-state index in [1.165, 1.54) is 12.1 Å². The van der Waals surface area contributed by atoms with Crippen LogP contribution in [0.2, 0.25) is 0 Å². The molecule has 0 amide bonds. The number of hydrogen-bond acceptors (Lipinski definition) is 5. The molecule has 6 nitrogen and oxygen atoms in total. The number of hydrogen-bond donors (Lipinski definition) is 2. The zero-order valence-corrected chi connectivity index (χ0v) is 13.6. The van der Waals surface area contributed by atoms with E-state index in [0.29, 0.717) is 0 Å². The normalized spacial score (nSPS) is 11.7. The summed E-state index contributed by atoms with van der Waals surface area (Å²) in [6, 6.07) is 5.78. The Morgan fingerprint density at radius 3 is 1.81 bits per heavy atom. The Kier molecular flexibility index (Phi) is 8.68. The first-order valence-corrected chi connectivity index (χ1v) is 8.17. The van der Waals surface area contributed by atoms with Gasteiger partial charge in [0, 0.05) is 0 Å². The average molecular weight is 319 g/mol. The zero-order chi connectivity index (χ0) is 16.5. The van der Waals surface area contributed by atoms with Crippen LogP contribution in [0.3, 0.4) is 0 Å². The summed E-state index contributed by atoms with van der Waals surface area (Å²) in [5.74, 6) is 0. The van der Waals surface area contributed by atoms with Gasteiger partial charge in [0.05, 0.1) is 31.7 Å². The van der Waals surface area contributed by atoms with E-state index in [9.17, 15) is 13.0 Å². The van der Waals surface area contributed by atoms with Gasteiger partial charge in [0.1, 0.15) is 23.2 Å². The van der Waals surface area contributed by atoms with Crippen molar-refractivity contribution >= 4 is 10.1 Å². The van der Waals surface area contributed by atoms with Crippen molar-refractivity contribution in [3.8, 4) is 0 Å². The van der Waals surface area contributed by atoms with Crippen LogP contribution in [0.1, 0.15) is 12.5 Å². The predicted molar refractivity (Wildman–Crippen MR) is 79.8 cm³/mol. The molecule has 7 heteroatoms. The van der Waals surface area contributed by atoms with Crippen molar-refractivity contribution in [1.82, 2.24) is 0 Å². The van der Waals surface area contributed by atoms with Gasteiger partial charge in [0.25, 0.3) is 0 Å². The van der Waals surface area contributed by atoms with Crippen molar-refractivity contribution in [2.24, 2.45) is 0 Å². The third-order valence-corrected chi connectivity index (χ3v) is 4.20. The molecule has 0 atom stereocenters. The van der Waals surface area contributed by atoms with Gasteiger partial charge in [-0.25, -0.2) is 8.42 Å². The summed E-state index contributed by atoms with van der Waals surface area (Å²) in [6.45, 7) is 6.70. The van der Waals surface area contributed by atoms with Crippen LogP contribution in [0.5, 0.6) is 0 Å². The lowest BCUT2D eigenvalue weighted by molar-refractivity contribution is -0.908. The van der Waals surface area contributed by atoms with E-state index in [0.717, 1.165) is 29.7 Å². The Morgan fingerprint density at radius 1 is 1.10 bits per heavy atom. The lowest BCUT2D eigenvalue weighted by Gasteiger charge is -2.31. The molecule has 122 valence electrons. The second-order valence-electron chi connectivity index (χ2n) is 5.10. The van der Waals surface area contributed by atoms with Crippen molar-refractivity contribution in [1.29, 1.82) is 0 Å². The number of quaternary nitrogens is 1. The molecule has 0 radical (unpaired) electrons. The van der Waals surface area contributed by atoms with Crippen LogP contribution in [-0.4, -0.2) is 67.6 Å². The monoisotopic (exact) mass is 319 g/mol. The third-order valence-electron chi connectivity index (χ3n) is 3.35.